The van der Waals surface area contributed by atoms with Crippen molar-refractivity contribution < 1.29 is 4.74 Å². The van der Waals surface area contributed by atoms with E-state index in [-0.39, 0.29) is 0 Å². The van der Waals surface area contributed by atoms with E-state index in [1.807, 2.05) is 24.3 Å². The van der Waals surface area contributed by atoms with Crippen LogP contribution >= 0.6 is 11.6 Å². The van der Waals surface area contributed by atoms with E-state index in [0.717, 1.165) is 11.3 Å². The summed E-state index contributed by atoms with van der Waals surface area (Å²) in [6.07, 6.45) is 4.88. The highest BCUT2D eigenvalue weighted by Crippen LogP contribution is 2.26. The number of hydrogen-bond acceptors (Lipinski definition) is 1. The summed E-state index contributed by atoms with van der Waals surface area (Å²) in [7, 11) is 0. The quantitative estimate of drug-likeness (QED) is 0.574. The summed E-state index contributed by atoms with van der Waals surface area (Å²) in [5.41, 5.74) is 1.04. The molecule has 1 aromatic rings. The van der Waals surface area contributed by atoms with Gasteiger partial charge in [0.05, 0.1) is 0 Å². The Kier molecular flexibility index (Phi) is 1.59. The summed E-state index contributed by atoms with van der Waals surface area (Å²) in [6.45, 7) is 0.521. The summed E-state index contributed by atoms with van der Waals surface area (Å²) in [5.74, 6) is 0.844. The second-order valence-electron chi connectivity index (χ2n) is 2.32. The van der Waals surface area contributed by atoms with Crippen molar-refractivity contribution in [2.75, 3.05) is 6.61 Å². The first kappa shape index (κ1) is 6.74. The van der Waals surface area contributed by atoms with Gasteiger partial charge in [-0.05, 0) is 30.4 Å². The average Bonchev–Trinajstić information content (AvgIpc) is 2.04. The molecule has 0 unspecified atom stereocenters. The number of ether oxygens (including phenoxy) is 1. The van der Waals surface area contributed by atoms with Crippen LogP contribution in [0.15, 0.2) is 18.2 Å². The second kappa shape index (κ2) is 2.59. The number of rotatable bonds is 0. The van der Waals surface area contributed by atoms with Crippen molar-refractivity contribution in [1.82, 2.24) is 0 Å². The van der Waals surface area contributed by atoms with Gasteiger partial charge in [-0.3, -0.25) is 0 Å². The Labute approximate surface area is 70.2 Å². The lowest BCUT2D eigenvalue weighted by Gasteiger charge is -2.11. The molecule has 0 saturated carbocycles. The predicted octanol–water partition coefficient (Wildman–Crippen LogP) is 2.55. The van der Waals surface area contributed by atoms with Crippen molar-refractivity contribution >= 4 is 17.7 Å². The van der Waals surface area contributed by atoms with Crippen LogP contribution in [0.5, 0.6) is 5.75 Å². The molecule has 0 atom stereocenters. The van der Waals surface area contributed by atoms with Gasteiger partial charge in [0.1, 0.15) is 12.4 Å². The Balaban J connectivity index is 2.53. The summed E-state index contributed by atoms with van der Waals surface area (Å²) < 4.78 is 5.28. The van der Waals surface area contributed by atoms with Gasteiger partial charge in [-0.15, -0.1) is 0 Å². The van der Waals surface area contributed by atoms with Crippen LogP contribution in [-0.4, -0.2) is 6.61 Å². The van der Waals surface area contributed by atoms with Crippen molar-refractivity contribution in [2.45, 2.75) is 0 Å². The Morgan fingerprint density at radius 2 is 2.36 bits per heavy atom. The molecule has 1 heterocycles. The lowest BCUT2D eigenvalue weighted by Crippen LogP contribution is -1.99. The molecule has 1 radical (unpaired) electrons. The first-order valence-corrected chi connectivity index (χ1v) is 3.73. The average molecular weight is 166 g/mol. The van der Waals surface area contributed by atoms with Crippen LogP contribution in [0, 0.1) is 6.08 Å². The van der Waals surface area contributed by atoms with Gasteiger partial charge in [0.15, 0.2) is 0 Å². The van der Waals surface area contributed by atoms with Crippen molar-refractivity contribution in [2.24, 2.45) is 0 Å². The molecule has 1 aliphatic rings. The Morgan fingerprint density at radius 1 is 1.45 bits per heavy atom. The van der Waals surface area contributed by atoms with Crippen molar-refractivity contribution in [3.63, 3.8) is 0 Å². The molecule has 1 nitrogen and oxygen atoms in total. The topological polar surface area (TPSA) is 9.23 Å². The van der Waals surface area contributed by atoms with E-state index in [0.29, 0.717) is 11.6 Å². The zero-order valence-electron chi connectivity index (χ0n) is 5.80. The summed E-state index contributed by atoms with van der Waals surface area (Å²) in [4.78, 5) is 0. The SMILES string of the molecule is Clc1ccc2c(c1)OC[C]=C2. The van der Waals surface area contributed by atoms with E-state index < -0.39 is 0 Å². The van der Waals surface area contributed by atoms with Crippen molar-refractivity contribution in [3.8, 4) is 5.75 Å². The maximum atomic E-state index is 5.76. The molecule has 0 aliphatic carbocycles. The first-order valence-electron chi connectivity index (χ1n) is 3.35. The van der Waals surface area contributed by atoms with E-state index in [4.69, 9.17) is 16.3 Å². The highest BCUT2D eigenvalue weighted by molar-refractivity contribution is 6.30. The fourth-order valence-corrected chi connectivity index (χ4v) is 1.19. The standard InChI is InChI=1S/C9H6ClO/c10-8-4-3-7-2-1-5-11-9(7)6-8/h2-4,6H,5H2. The molecule has 0 N–H and O–H groups in total. The van der Waals surface area contributed by atoms with Crippen LogP contribution < -0.4 is 4.74 Å². The van der Waals surface area contributed by atoms with E-state index in [1.165, 1.54) is 0 Å². The fraction of sp³-hybridized carbons (Fsp3) is 0.111. The van der Waals surface area contributed by atoms with Gasteiger partial charge in [0.2, 0.25) is 0 Å². The largest absolute Gasteiger partial charge is 0.488 e. The van der Waals surface area contributed by atoms with E-state index in [9.17, 15) is 0 Å². The monoisotopic (exact) mass is 165 g/mol. The Morgan fingerprint density at radius 3 is 3.27 bits per heavy atom. The molecule has 1 aromatic carbocycles. The number of benzene rings is 1. The van der Waals surface area contributed by atoms with Gasteiger partial charge < -0.3 is 4.74 Å². The lowest BCUT2D eigenvalue weighted by molar-refractivity contribution is 0.352. The molecule has 1 aliphatic heterocycles. The summed E-state index contributed by atoms with van der Waals surface area (Å²) >= 11 is 5.76. The summed E-state index contributed by atoms with van der Waals surface area (Å²) in [6, 6.07) is 5.57. The van der Waals surface area contributed by atoms with Crippen LogP contribution in [0.2, 0.25) is 5.02 Å². The Bertz CT molecular complexity index is 304. The third-order valence-corrected chi connectivity index (χ3v) is 1.78. The Hall–Kier alpha value is -0.950. The molecule has 0 saturated heterocycles. The lowest BCUT2D eigenvalue weighted by atomic mass is 10.1. The highest BCUT2D eigenvalue weighted by Gasteiger charge is 2.04. The van der Waals surface area contributed by atoms with Gasteiger partial charge >= 0.3 is 0 Å². The molecular weight excluding hydrogens is 160 g/mol. The maximum Gasteiger partial charge on any atom is 0.128 e. The van der Waals surface area contributed by atoms with Gasteiger partial charge in [-0.1, -0.05) is 11.6 Å². The minimum atomic E-state index is 0.521. The minimum absolute atomic E-state index is 0.521. The maximum absolute atomic E-state index is 5.76. The number of fused-ring (bicyclic) bond motifs is 1. The van der Waals surface area contributed by atoms with E-state index in [2.05, 4.69) is 6.08 Å². The third kappa shape index (κ3) is 1.24. The van der Waals surface area contributed by atoms with E-state index in [1.54, 1.807) is 0 Å². The van der Waals surface area contributed by atoms with Gasteiger partial charge in [-0.25, -0.2) is 0 Å². The molecule has 0 bridgehead atoms. The van der Waals surface area contributed by atoms with Gasteiger partial charge in [0.25, 0.3) is 0 Å². The zero-order valence-corrected chi connectivity index (χ0v) is 6.56. The smallest absolute Gasteiger partial charge is 0.128 e. The number of halogens is 1. The zero-order chi connectivity index (χ0) is 7.68. The fourth-order valence-electron chi connectivity index (χ4n) is 1.02. The van der Waals surface area contributed by atoms with Crippen molar-refractivity contribution in [3.05, 3.63) is 34.9 Å². The van der Waals surface area contributed by atoms with Gasteiger partial charge in [-0.2, -0.15) is 0 Å². The number of hydrogen-bond donors (Lipinski definition) is 0. The van der Waals surface area contributed by atoms with Crippen LogP contribution in [0.3, 0.4) is 0 Å². The highest BCUT2D eigenvalue weighted by atomic mass is 35.5. The van der Waals surface area contributed by atoms with Crippen LogP contribution in [0.25, 0.3) is 6.08 Å². The molecule has 2 rings (SSSR count). The first-order chi connectivity index (χ1) is 5.36. The van der Waals surface area contributed by atoms with Crippen LogP contribution in [0.4, 0.5) is 0 Å². The predicted molar refractivity (Wildman–Crippen MR) is 44.7 cm³/mol. The molecule has 0 fully saturated rings. The molecule has 0 spiro atoms. The molecule has 0 amide bonds. The third-order valence-electron chi connectivity index (χ3n) is 1.54. The normalized spacial score (nSPS) is 13.9. The van der Waals surface area contributed by atoms with E-state index >= 15 is 0 Å². The van der Waals surface area contributed by atoms with Gasteiger partial charge in [0, 0.05) is 10.6 Å². The molecule has 2 heteroatoms. The molecular formula is C9H6ClO. The minimum Gasteiger partial charge on any atom is -0.488 e. The molecule has 0 aromatic heterocycles. The second-order valence-corrected chi connectivity index (χ2v) is 2.76. The van der Waals surface area contributed by atoms with Crippen LogP contribution in [0.1, 0.15) is 5.56 Å². The summed E-state index contributed by atoms with van der Waals surface area (Å²) in [5, 5.41) is 0.707. The molecule has 55 valence electrons. The molecule has 11 heavy (non-hydrogen) atoms. The van der Waals surface area contributed by atoms with Crippen molar-refractivity contribution in [1.29, 1.82) is 0 Å². The van der Waals surface area contributed by atoms with Crippen LogP contribution in [-0.2, 0) is 0 Å².